The van der Waals surface area contributed by atoms with E-state index in [0.717, 1.165) is 12.8 Å². The van der Waals surface area contributed by atoms with Crippen LogP contribution < -0.4 is 53.3 Å². The molecule has 1 heterocycles. The van der Waals surface area contributed by atoms with Crippen LogP contribution in [0.15, 0.2) is 0 Å². The molecule has 1 fully saturated rings. The molecular formula is C16H25Li2NO8. The van der Waals surface area contributed by atoms with Crippen LogP contribution in [0.5, 0.6) is 0 Å². The van der Waals surface area contributed by atoms with E-state index in [2.05, 4.69) is 5.32 Å². The van der Waals surface area contributed by atoms with Crippen molar-refractivity contribution in [3.8, 4) is 0 Å². The van der Waals surface area contributed by atoms with E-state index >= 15 is 0 Å². The van der Waals surface area contributed by atoms with Crippen LogP contribution in [0.25, 0.3) is 0 Å². The third-order valence-corrected chi connectivity index (χ3v) is 3.50. The second kappa shape index (κ2) is 12.7. The van der Waals surface area contributed by atoms with Crippen LogP contribution in [0.2, 0.25) is 0 Å². The number of ether oxygens (including phenoxy) is 3. The molecular weight excluding hydrogens is 348 g/mol. The molecule has 1 aliphatic heterocycles. The summed E-state index contributed by atoms with van der Waals surface area (Å²) < 4.78 is 15.5. The van der Waals surface area contributed by atoms with Crippen LogP contribution in [-0.4, -0.2) is 48.7 Å². The zero-order valence-corrected chi connectivity index (χ0v) is 16.8. The van der Waals surface area contributed by atoms with E-state index < -0.39 is 41.9 Å². The second-order valence-electron chi connectivity index (χ2n) is 6.85. The largest absolute Gasteiger partial charge is 1.00 e. The van der Waals surface area contributed by atoms with Gasteiger partial charge in [-0.15, -0.1) is 0 Å². The molecule has 1 saturated heterocycles. The Morgan fingerprint density at radius 2 is 1.70 bits per heavy atom. The van der Waals surface area contributed by atoms with Gasteiger partial charge in [0.05, 0.1) is 11.9 Å². The standard InChI is InChI=1S/C16H27NO8.2Li/c1-15(2,3)25-14(22)17-9-6-8-16(12(18)19,13(20)21)24-11-7-4-5-10-23-11;;/h11H,4-10H2,1-3H3,(H,17,22)(H,18,19)(H,20,21);;/q;2*+1/p-2. The number of hydrogen-bond donors (Lipinski definition) is 1. The van der Waals surface area contributed by atoms with Gasteiger partial charge in [0.2, 0.25) is 0 Å². The van der Waals surface area contributed by atoms with Crippen molar-refractivity contribution in [2.24, 2.45) is 0 Å². The Balaban J connectivity index is 0. The SMILES string of the molecule is CC(C)(C)OC(=O)NCCCC(OC1CCCCO1)(C(=O)[O-])C(=O)[O-].[Li+].[Li+]. The van der Waals surface area contributed by atoms with Gasteiger partial charge in [-0.25, -0.2) is 4.79 Å². The van der Waals surface area contributed by atoms with Gasteiger partial charge >= 0.3 is 43.8 Å². The fourth-order valence-electron chi connectivity index (χ4n) is 2.31. The van der Waals surface area contributed by atoms with E-state index in [0.29, 0.717) is 13.0 Å². The summed E-state index contributed by atoms with van der Waals surface area (Å²) in [6.07, 6.45) is -0.135. The summed E-state index contributed by atoms with van der Waals surface area (Å²) >= 11 is 0. The summed E-state index contributed by atoms with van der Waals surface area (Å²) in [5, 5.41) is 25.3. The van der Waals surface area contributed by atoms with Crippen LogP contribution >= 0.6 is 0 Å². The number of carboxylic acids is 2. The summed E-state index contributed by atoms with van der Waals surface area (Å²) in [7, 11) is 0. The predicted molar refractivity (Wildman–Crippen MR) is 80.9 cm³/mol. The molecule has 1 amide bonds. The zero-order valence-electron chi connectivity index (χ0n) is 16.8. The number of carboxylic acid groups (broad SMARTS) is 2. The van der Waals surface area contributed by atoms with E-state index in [1.54, 1.807) is 20.8 Å². The minimum absolute atomic E-state index is 0. The molecule has 0 spiro atoms. The van der Waals surface area contributed by atoms with Gasteiger partial charge in [-0.3, -0.25) is 0 Å². The Labute approximate surface area is 183 Å². The Bertz CT molecular complexity index is 475. The van der Waals surface area contributed by atoms with Gasteiger partial charge in [0.25, 0.3) is 0 Å². The molecule has 144 valence electrons. The molecule has 0 saturated carbocycles. The Hall–Kier alpha value is -0.675. The summed E-state index contributed by atoms with van der Waals surface area (Å²) in [4.78, 5) is 34.4. The van der Waals surface area contributed by atoms with E-state index in [1.807, 2.05) is 0 Å². The van der Waals surface area contributed by atoms with Crippen LogP contribution in [0, 0.1) is 0 Å². The van der Waals surface area contributed by atoms with Crippen molar-refractivity contribution >= 4 is 18.0 Å². The number of carbonyl (C=O) groups excluding carboxylic acids is 3. The first-order valence-corrected chi connectivity index (χ1v) is 8.26. The van der Waals surface area contributed by atoms with Gasteiger partial charge in [0.15, 0.2) is 6.29 Å². The van der Waals surface area contributed by atoms with Crippen molar-refractivity contribution in [1.82, 2.24) is 5.32 Å². The van der Waals surface area contributed by atoms with Gasteiger partial charge in [0.1, 0.15) is 11.2 Å². The Morgan fingerprint density at radius 1 is 1.11 bits per heavy atom. The summed E-state index contributed by atoms with van der Waals surface area (Å²) in [6, 6.07) is 0. The van der Waals surface area contributed by atoms with E-state index in [1.165, 1.54) is 0 Å². The smallest absolute Gasteiger partial charge is 0.547 e. The average Bonchev–Trinajstić information content (AvgIpc) is 2.49. The van der Waals surface area contributed by atoms with Crippen molar-refractivity contribution in [1.29, 1.82) is 0 Å². The molecule has 1 atom stereocenters. The first-order valence-electron chi connectivity index (χ1n) is 8.26. The molecule has 0 bridgehead atoms. The molecule has 9 nitrogen and oxygen atoms in total. The van der Waals surface area contributed by atoms with Crippen molar-refractivity contribution in [2.45, 2.75) is 70.4 Å². The molecule has 1 aliphatic rings. The normalized spacial score (nSPS) is 17.1. The van der Waals surface area contributed by atoms with E-state index in [9.17, 15) is 24.6 Å². The number of nitrogens with one attached hydrogen (secondary N) is 1. The maximum absolute atomic E-state index is 11.5. The summed E-state index contributed by atoms with van der Waals surface area (Å²) in [6.45, 7) is 5.46. The number of amides is 1. The summed E-state index contributed by atoms with van der Waals surface area (Å²) in [5.41, 5.74) is -3.30. The van der Waals surface area contributed by atoms with Gasteiger partial charge in [-0.1, -0.05) is 0 Å². The quantitative estimate of drug-likeness (QED) is 0.252. The van der Waals surface area contributed by atoms with Crippen LogP contribution in [0.4, 0.5) is 4.79 Å². The van der Waals surface area contributed by atoms with Crippen molar-refractivity contribution < 1.29 is 76.5 Å². The van der Waals surface area contributed by atoms with Crippen molar-refractivity contribution in [2.75, 3.05) is 13.2 Å². The van der Waals surface area contributed by atoms with Gasteiger partial charge in [0, 0.05) is 13.2 Å². The average molecular weight is 373 g/mol. The fraction of sp³-hybridized carbons (Fsp3) is 0.812. The molecule has 0 aliphatic carbocycles. The predicted octanol–water partition coefficient (Wildman–Crippen LogP) is -6.92. The number of rotatable bonds is 8. The molecule has 1 rings (SSSR count). The molecule has 0 aromatic heterocycles. The van der Waals surface area contributed by atoms with Gasteiger partial charge < -0.3 is 39.3 Å². The Morgan fingerprint density at radius 3 is 2.15 bits per heavy atom. The van der Waals surface area contributed by atoms with Crippen LogP contribution in [-0.2, 0) is 23.8 Å². The van der Waals surface area contributed by atoms with Crippen LogP contribution in [0.3, 0.4) is 0 Å². The van der Waals surface area contributed by atoms with Gasteiger partial charge in [-0.05, 0) is 52.9 Å². The van der Waals surface area contributed by atoms with Crippen LogP contribution in [0.1, 0.15) is 52.9 Å². The topological polar surface area (TPSA) is 137 Å². The molecule has 1 N–H and O–H groups in total. The number of carbonyl (C=O) groups is 3. The molecule has 0 radical (unpaired) electrons. The van der Waals surface area contributed by atoms with Crippen molar-refractivity contribution in [3.05, 3.63) is 0 Å². The first kappa shape index (κ1) is 28.5. The zero-order chi connectivity index (χ0) is 19.1. The molecule has 1 unspecified atom stereocenters. The number of aliphatic carboxylic acids is 2. The maximum Gasteiger partial charge on any atom is 1.00 e. The number of hydrogen-bond acceptors (Lipinski definition) is 8. The minimum Gasteiger partial charge on any atom is -0.547 e. The van der Waals surface area contributed by atoms with E-state index in [4.69, 9.17) is 14.2 Å². The van der Waals surface area contributed by atoms with Crippen molar-refractivity contribution in [3.63, 3.8) is 0 Å². The molecule has 27 heavy (non-hydrogen) atoms. The second-order valence-corrected chi connectivity index (χ2v) is 6.85. The van der Waals surface area contributed by atoms with E-state index in [-0.39, 0.29) is 50.7 Å². The monoisotopic (exact) mass is 373 g/mol. The maximum atomic E-state index is 11.5. The van der Waals surface area contributed by atoms with Gasteiger partial charge in [-0.2, -0.15) is 0 Å². The minimum atomic E-state index is -2.63. The third kappa shape index (κ3) is 9.89. The fourth-order valence-corrected chi connectivity index (χ4v) is 2.31. The molecule has 11 heteroatoms. The number of alkyl carbamates (subject to hydrolysis) is 1. The first-order chi connectivity index (χ1) is 11.6. The Kier molecular flexibility index (Phi) is 13.4. The summed E-state index contributed by atoms with van der Waals surface area (Å²) in [5.74, 6) is -3.81. The molecule has 0 aromatic rings. The third-order valence-electron chi connectivity index (χ3n) is 3.50. The molecule has 0 aromatic carbocycles.